The number of fused-ring (bicyclic) bond motifs is 2. The summed E-state index contributed by atoms with van der Waals surface area (Å²) in [7, 11) is 7.72. The number of amides is 1. The van der Waals surface area contributed by atoms with Crippen molar-refractivity contribution in [2.75, 3.05) is 51.1 Å². The molecule has 29 heavy (non-hydrogen) atoms. The number of hydrogen-bond donors (Lipinski definition) is 1. The van der Waals surface area contributed by atoms with E-state index in [2.05, 4.69) is 4.98 Å². The first-order valence-electron chi connectivity index (χ1n) is 10.2. The van der Waals surface area contributed by atoms with Gasteiger partial charge in [-0.25, -0.2) is 4.98 Å². The molecule has 4 rings (SSSR count). The van der Waals surface area contributed by atoms with Gasteiger partial charge in [0.15, 0.2) is 0 Å². The van der Waals surface area contributed by atoms with Crippen molar-refractivity contribution >= 4 is 17.5 Å². The molecule has 1 unspecified atom stereocenters. The van der Waals surface area contributed by atoms with Gasteiger partial charge in [0.25, 0.3) is 11.5 Å². The molecule has 1 aromatic heterocycles. The highest BCUT2D eigenvalue weighted by atomic mass is 16.2. The third-order valence-electron chi connectivity index (χ3n) is 6.28. The van der Waals surface area contributed by atoms with Gasteiger partial charge in [0.05, 0.1) is 5.69 Å². The molecular formula is C22H29N5O2. The highest BCUT2D eigenvalue weighted by Crippen LogP contribution is 2.43. The smallest absolute Gasteiger partial charge is 0.255 e. The lowest BCUT2D eigenvalue weighted by atomic mass is 9.77. The van der Waals surface area contributed by atoms with Gasteiger partial charge in [-0.05, 0) is 49.9 Å². The molecule has 1 amide bonds. The highest BCUT2D eigenvalue weighted by molar-refractivity contribution is 5.94. The van der Waals surface area contributed by atoms with Gasteiger partial charge in [-0.1, -0.05) is 0 Å². The molecular weight excluding hydrogens is 366 g/mol. The molecule has 1 aliphatic heterocycles. The molecule has 1 aliphatic carbocycles. The summed E-state index contributed by atoms with van der Waals surface area (Å²) >= 11 is 0. The van der Waals surface area contributed by atoms with Crippen molar-refractivity contribution in [1.29, 1.82) is 0 Å². The number of hydrogen-bond acceptors (Lipinski definition) is 5. The number of H-pyrrole nitrogens is 1. The monoisotopic (exact) mass is 395 g/mol. The number of carbonyl (C=O) groups is 1. The molecule has 0 bridgehead atoms. The Kier molecular flexibility index (Phi) is 4.84. The van der Waals surface area contributed by atoms with Crippen LogP contribution in [0.3, 0.4) is 0 Å². The van der Waals surface area contributed by atoms with Gasteiger partial charge >= 0.3 is 0 Å². The van der Waals surface area contributed by atoms with Gasteiger partial charge in [-0.15, -0.1) is 0 Å². The van der Waals surface area contributed by atoms with Crippen LogP contribution in [0.1, 0.15) is 40.9 Å². The quantitative estimate of drug-likeness (QED) is 0.861. The lowest BCUT2D eigenvalue weighted by Crippen LogP contribution is -2.48. The first kappa shape index (κ1) is 19.5. The summed E-state index contributed by atoms with van der Waals surface area (Å²) in [6.07, 6.45) is 3.49. The van der Waals surface area contributed by atoms with Gasteiger partial charge in [0, 0.05) is 63.5 Å². The number of aromatic amines is 1. The number of carbonyl (C=O) groups excluding carboxylic acids is 1. The lowest BCUT2D eigenvalue weighted by molar-refractivity contribution is 0.0633. The molecule has 1 aromatic carbocycles. The Hall–Kier alpha value is -2.83. The molecule has 1 spiro atoms. The molecule has 2 aromatic rings. The molecule has 154 valence electrons. The van der Waals surface area contributed by atoms with Crippen molar-refractivity contribution in [3.8, 4) is 0 Å². The van der Waals surface area contributed by atoms with E-state index in [0.717, 1.165) is 49.2 Å². The molecule has 0 radical (unpaired) electrons. The summed E-state index contributed by atoms with van der Waals surface area (Å²) < 4.78 is 0. The summed E-state index contributed by atoms with van der Waals surface area (Å²) in [4.78, 5) is 39.3. The van der Waals surface area contributed by atoms with E-state index >= 15 is 0 Å². The second-order valence-corrected chi connectivity index (χ2v) is 8.66. The van der Waals surface area contributed by atoms with Crippen LogP contribution in [0, 0.1) is 0 Å². The minimum absolute atomic E-state index is 0.0432. The van der Waals surface area contributed by atoms with Gasteiger partial charge < -0.3 is 14.7 Å². The Labute approximate surface area is 171 Å². The highest BCUT2D eigenvalue weighted by Gasteiger charge is 2.45. The number of likely N-dealkylation sites (tertiary alicyclic amines) is 1. The Morgan fingerprint density at radius 2 is 1.83 bits per heavy atom. The number of aromatic nitrogens is 2. The zero-order valence-electron chi connectivity index (χ0n) is 17.7. The van der Waals surface area contributed by atoms with Crippen molar-refractivity contribution in [2.24, 2.45) is 0 Å². The molecule has 7 nitrogen and oxygen atoms in total. The van der Waals surface area contributed by atoms with Gasteiger partial charge in [0.1, 0.15) is 0 Å². The minimum atomic E-state index is -0.216. The summed E-state index contributed by atoms with van der Waals surface area (Å²) in [6.45, 7) is 1.37. The van der Waals surface area contributed by atoms with E-state index in [-0.39, 0.29) is 16.9 Å². The lowest BCUT2D eigenvalue weighted by Gasteiger charge is -2.40. The molecule has 7 heteroatoms. The first-order valence-corrected chi connectivity index (χ1v) is 10.2. The number of nitrogens with one attached hydrogen (secondary N) is 1. The standard InChI is InChI=1S/C22H29N5O2/c1-25(2)16-8-6-15(7-9-16)20(29)27-13-5-11-22(14-27)12-10-17-18(22)23-21(26(3)4)24-19(17)28/h6-9H,5,10-14H2,1-4H3,(H,23,24,28). The van der Waals surface area contributed by atoms with E-state index in [1.807, 2.05) is 67.2 Å². The number of rotatable bonds is 3. The first-order chi connectivity index (χ1) is 13.8. The Bertz CT molecular complexity index is 980. The topological polar surface area (TPSA) is 72.5 Å². The normalized spacial score (nSPS) is 20.6. The van der Waals surface area contributed by atoms with E-state index in [0.29, 0.717) is 18.1 Å². The minimum Gasteiger partial charge on any atom is -0.378 e. The van der Waals surface area contributed by atoms with E-state index in [1.165, 1.54) is 0 Å². The maximum Gasteiger partial charge on any atom is 0.255 e. The Balaban J connectivity index is 1.63. The molecule has 2 heterocycles. The van der Waals surface area contributed by atoms with Gasteiger partial charge in [-0.3, -0.25) is 14.6 Å². The molecule has 1 saturated heterocycles. The Morgan fingerprint density at radius 3 is 2.48 bits per heavy atom. The van der Waals surface area contributed by atoms with Crippen LogP contribution in [0.25, 0.3) is 0 Å². The van der Waals surface area contributed by atoms with Crippen molar-refractivity contribution in [3.63, 3.8) is 0 Å². The average Bonchev–Trinajstić information content (AvgIpc) is 3.05. The fourth-order valence-corrected chi connectivity index (χ4v) is 4.64. The van der Waals surface area contributed by atoms with Gasteiger partial charge in [0.2, 0.25) is 5.95 Å². The molecule has 1 atom stereocenters. The third-order valence-corrected chi connectivity index (χ3v) is 6.28. The largest absolute Gasteiger partial charge is 0.378 e. The summed E-state index contributed by atoms with van der Waals surface area (Å²) in [5.74, 6) is 0.637. The maximum absolute atomic E-state index is 13.2. The average molecular weight is 396 g/mol. The fourth-order valence-electron chi connectivity index (χ4n) is 4.64. The van der Waals surface area contributed by atoms with Crippen molar-refractivity contribution in [1.82, 2.24) is 14.9 Å². The van der Waals surface area contributed by atoms with Crippen LogP contribution in [-0.2, 0) is 11.8 Å². The second kappa shape index (κ2) is 7.21. The van der Waals surface area contributed by atoms with Crippen molar-refractivity contribution in [3.05, 3.63) is 51.4 Å². The van der Waals surface area contributed by atoms with Crippen LogP contribution in [0.15, 0.2) is 29.1 Å². The number of piperidine rings is 1. The predicted octanol–water partition coefficient (Wildman–Crippen LogP) is 2.02. The zero-order chi connectivity index (χ0) is 20.8. The van der Waals surface area contributed by atoms with Crippen LogP contribution in [-0.4, -0.2) is 62.1 Å². The maximum atomic E-state index is 13.2. The van der Waals surface area contributed by atoms with Crippen LogP contribution in [0.4, 0.5) is 11.6 Å². The van der Waals surface area contributed by atoms with Crippen molar-refractivity contribution in [2.45, 2.75) is 31.1 Å². The van der Waals surface area contributed by atoms with Gasteiger partial charge in [-0.2, -0.15) is 0 Å². The molecule has 2 aliphatic rings. The molecule has 0 saturated carbocycles. The fraction of sp³-hybridized carbons (Fsp3) is 0.500. The molecule has 1 fully saturated rings. The third kappa shape index (κ3) is 3.39. The summed E-state index contributed by atoms with van der Waals surface area (Å²) in [5.41, 5.74) is 3.20. The summed E-state index contributed by atoms with van der Waals surface area (Å²) in [5, 5.41) is 0. The SMILES string of the molecule is CN(C)c1ccc(C(=O)N2CCCC3(CCc4c3nc(N(C)C)[nH]c4=O)C2)cc1. The predicted molar refractivity (Wildman–Crippen MR) is 115 cm³/mol. The Morgan fingerprint density at radius 1 is 1.10 bits per heavy atom. The van der Waals surface area contributed by atoms with Crippen molar-refractivity contribution < 1.29 is 4.79 Å². The zero-order valence-corrected chi connectivity index (χ0v) is 17.7. The number of nitrogens with zero attached hydrogens (tertiary/aromatic N) is 4. The van der Waals surface area contributed by atoms with Crippen LogP contribution in [0.2, 0.25) is 0 Å². The number of benzene rings is 1. The van der Waals surface area contributed by atoms with E-state index in [9.17, 15) is 9.59 Å². The summed E-state index contributed by atoms with van der Waals surface area (Å²) in [6, 6.07) is 7.74. The van der Waals surface area contributed by atoms with E-state index < -0.39 is 0 Å². The van der Waals surface area contributed by atoms with Crippen LogP contribution >= 0.6 is 0 Å². The van der Waals surface area contributed by atoms with E-state index in [4.69, 9.17) is 4.98 Å². The van der Waals surface area contributed by atoms with Crippen LogP contribution in [0.5, 0.6) is 0 Å². The second-order valence-electron chi connectivity index (χ2n) is 8.66. The molecule has 1 N–H and O–H groups in total. The van der Waals surface area contributed by atoms with E-state index in [1.54, 1.807) is 0 Å². The number of anilines is 2. The van der Waals surface area contributed by atoms with Crippen LogP contribution < -0.4 is 15.4 Å².